The first kappa shape index (κ1) is 12.9. The molecule has 86 valence electrons. The van der Waals surface area contributed by atoms with Crippen LogP contribution in [0.25, 0.3) is 0 Å². The molecule has 0 bridgehead atoms. The Balaban J connectivity index is 2.99. The molecule has 1 nitrogen and oxygen atoms in total. The standard InChI is InChI=1S/C7H5BrF5NS/c8-3-1-4(15-2-3)5(14)6(9,10)7(11,12)13/h1-2,5H,14H2/t5-/m0/s1. The van der Waals surface area contributed by atoms with E-state index < -0.39 is 18.1 Å². The molecule has 15 heavy (non-hydrogen) atoms. The summed E-state index contributed by atoms with van der Waals surface area (Å²) in [6.45, 7) is 0. The zero-order chi connectivity index (χ0) is 11.9. The van der Waals surface area contributed by atoms with E-state index in [9.17, 15) is 22.0 Å². The summed E-state index contributed by atoms with van der Waals surface area (Å²) < 4.78 is 61.8. The Morgan fingerprint density at radius 2 is 1.80 bits per heavy atom. The van der Waals surface area contributed by atoms with Crippen LogP contribution in [0.1, 0.15) is 10.9 Å². The summed E-state index contributed by atoms with van der Waals surface area (Å²) in [7, 11) is 0. The molecule has 0 saturated carbocycles. The van der Waals surface area contributed by atoms with Crippen LogP contribution in [-0.2, 0) is 0 Å². The summed E-state index contributed by atoms with van der Waals surface area (Å²) in [6.07, 6.45) is -5.64. The maximum absolute atomic E-state index is 12.8. The Bertz CT molecular complexity index is 347. The van der Waals surface area contributed by atoms with Crippen molar-refractivity contribution in [1.29, 1.82) is 0 Å². The van der Waals surface area contributed by atoms with Gasteiger partial charge in [-0.1, -0.05) is 0 Å². The van der Waals surface area contributed by atoms with Crippen LogP contribution in [0.3, 0.4) is 0 Å². The topological polar surface area (TPSA) is 26.0 Å². The molecule has 0 fully saturated rings. The van der Waals surface area contributed by atoms with Gasteiger partial charge in [0, 0.05) is 14.7 Å². The van der Waals surface area contributed by atoms with Crippen LogP contribution in [0.5, 0.6) is 0 Å². The molecular formula is C7H5BrF5NS. The van der Waals surface area contributed by atoms with Crippen LogP contribution in [-0.4, -0.2) is 12.1 Å². The van der Waals surface area contributed by atoms with Gasteiger partial charge < -0.3 is 5.73 Å². The van der Waals surface area contributed by atoms with E-state index in [4.69, 9.17) is 5.73 Å². The third kappa shape index (κ3) is 2.48. The summed E-state index contributed by atoms with van der Waals surface area (Å²) >= 11 is 3.70. The predicted molar refractivity (Wildman–Crippen MR) is 49.9 cm³/mol. The molecule has 8 heteroatoms. The molecule has 1 rings (SSSR count). The van der Waals surface area contributed by atoms with Crippen molar-refractivity contribution in [3.8, 4) is 0 Å². The molecule has 0 aliphatic heterocycles. The van der Waals surface area contributed by atoms with Crippen LogP contribution >= 0.6 is 27.3 Å². The highest BCUT2D eigenvalue weighted by molar-refractivity contribution is 9.10. The quantitative estimate of drug-likeness (QED) is 0.828. The van der Waals surface area contributed by atoms with Gasteiger partial charge in [-0.3, -0.25) is 0 Å². The van der Waals surface area contributed by atoms with Crippen molar-refractivity contribution in [3.05, 3.63) is 20.8 Å². The van der Waals surface area contributed by atoms with Gasteiger partial charge in [-0.25, -0.2) is 0 Å². The molecule has 0 aromatic carbocycles. The Kier molecular flexibility index (Phi) is 3.42. The normalized spacial score (nSPS) is 15.4. The minimum absolute atomic E-state index is 0.218. The minimum atomic E-state index is -5.64. The molecular weight excluding hydrogens is 305 g/mol. The average molecular weight is 310 g/mol. The van der Waals surface area contributed by atoms with Crippen molar-refractivity contribution in [3.63, 3.8) is 0 Å². The van der Waals surface area contributed by atoms with Gasteiger partial charge in [0.05, 0.1) is 0 Å². The first-order valence-corrected chi connectivity index (χ1v) is 5.27. The first-order valence-electron chi connectivity index (χ1n) is 3.60. The lowest BCUT2D eigenvalue weighted by atomic mass is 10.1. The average Bonchev–Trinajstić information content (AvgIpc) is 2.48. The molecule has 0 radical (unpaired) electrons. The fourth-order valence-corrected chi connectivity index (χ4v) is 2.33. The third-order valence-electron chi connectivity index (χ3n) is 1.66. The lowest BCUT2D eigenvalue weighted by Crippen LogP contribution is -2.45. The third-order valence-corrected chi connectivity index (χ3v) is 3.44. The highest BCUT2D eigenvalue weighted by atomic mass is 79.9. The van der Waals surface area contributed by atoms with Crippen molar-refractivity contribution in [1.82, 2.24) is 0 Å². The summed E-state index contributed by atoms with van der Waals surface area (Å²) in [5, 5.41) is 1.39. The largest absolute Gasteiger partial charge is 0.455 e. The van der Waals surface area contributed by atoms with E-state index in [1.54, 1.807) is 0 Å². The smallest absolute Gasteiger partial charge is 0.318 e. The Hall–Kier alpha value is -0.210. The molecule has 1 heterocycles. The van der Waals surface area contributed by atoms with Gasteiger partial charge in [0.2, 0.25) is 0 Å². The second-order valence-corrected chi connectivity index (χ2v) is 4.62. The molecule has 0 aliphatic carbocycles. The van der Waals surface area contributed by atoms with Crippen molar-refractivity contribution >= 4 is 27.3 Å². The Labute approximate surface area is 94.2 Å². The lowest BCUT2D eigenvalue weighted by Gasteiger charge is -2.24. The Morgan fingerprint density at radius 3 is 2.13 bits per heavy atom. The minimum Gasteiger partial charge on any atom is -0.318 e. The van der Waals surface area contributed by atoms with Crippen LogP contribution in [0.15, 0.2) is 15.9 Å². The van der Waals surface area contributed by atoms with Crippen LogP contribution in [0.2, 0.25) is 0 Å². The second kappa shape index (κ2) is 3.99. The van der Waals surface area contributed by atoms with E-state index in [2.05, 4.69) is 15.9 Å². The van der Waals surface area contributed by atoms with Crippen molar-refractivity contribution in [2.24, 2.45) is 5.73 Å². The summed E-state index contributed by atoms with van der Waals surface area (Å²) in [5.41, 5.74) is 4.89. The number of rotatable bonds is 2. The van der Waals surface area contributed by atoms with Gasteiger partial charge in [-0.2, -0.15) is 22.0 Å². The SMILES string of the molecule is N[C@@H](c1cc(Br)cs1)C(F)(F)C(F)(F)F. The molecule has 0 aliphatic rings. The molecule has 1 aromatic heterocycles. The summed E-state index contributed by atoms with van der Waals surface area (Å²) in [5.74, 6) is -4.92. The number of nitrogens with two attached hydrogens (primary N) is 1. The van der Waals surface area contributed by atoms with Gasteiger partial charge in [0.1, 0.15) is 6.04 Å². The summed E-state index contributed by atoms with van der Waals surface area (Å²) in [6, 6.07) is -1.22. The molecule has 0 unspecified atom stereocenters. The van der Waals surface area contributed by atoms with Crippen molar-refractivity contribution in [2.75, 3.05) is 0 Å². The number of thiophene rings is 1. The predicted octanol–water partition coefficient (Wildman–Crippen LogP) is 3.71. The first-order chi connectivity index (χ1) is 6.66. The van der Waals surface area contributed by atoms with Crippen LogP contribution in [0, 0.1) is 0 Å². The summed E-state index contributed by atoms with van der Waals surface area (Å²) in [4.78, 5) is -0.218. The maximum atomic E-state index is 12.8. The van der Waals surface area contributed by atoms with Crippen molar-refractivity contribution in [2.45, 2.75) is 18.1 Å². The highest BCUT2D eigenvalue weighted by Gasteiger charge is 2.62. The fourth-order valence-electron chi connectivity index (χ4n) is 0.846. The van der Waals surface area contributed by atoms with E-state index in [0.717, 1.165) is 17.4 Å². The number of hydrogen-bond acceptors (Lipinski definition) is 2. The second-order valence-electron chi connectivity index (χ2n) is 2.77. The van der Waals surface area contributed by atoms with Gasteiger partial charge in [0.15, 0.2) is 0 Å². The fraction of sp³-hybridized carbons (Fsp3) is 0.429. The van der Waals surface area contributed by atoms with Gasteiger partial charge >= 0.3 is 12.1 Å². The zero-order valence-electron chi connectivity index (χ0n) is 6.99. The molecule has 0 saturated heterocycles. The molecule has 1 aromatic rings. The van der Waals surface area contributed by atoms with Crippen LogP contribution < -0.4 is 5.73 Å². The lowest BCUT2D eigenvalue weighted by molar-refractivity contribution is -0.290. The Morgan fingerprint density at radius 1 is 1.27 bits per heavy atom. The highest BCUT2D eigenvalue weighted by Crippen LogP contribution is 2.44. The number of alkyl halides is 5. The van der Waals surface area contributed by atoms with Gasteiger partial charge in [-0.05, 0) is 22.0 Å². The number of halogens is 6. The van der Waals surface area contributed by atoms with Crippen LogP contribution in [0.4, 0.5) is 22.0 Å². The number of hydrogen-bond donors (Lipinski definition) is 1. The molecule has 0 amide bonds. The molecule has 0 spiro atoms. The van der Waals surface area contributed by atoms with E-state index in [-0.39, 0.29) is 4.88 Å². The molecule has 2 N–H and O–H groups in total. The van der Waals surface area contributed by atoms with E-state index in [1.165, 1.54) is 5.38 Å². The van der Waals surface area contributed by atoms with Gasteiger partial charge in [0.25, 0.3) is 0 Å². The van der Waals surface area contributed by atoms with E-state index in [1.807, 2.05) is 0 Å². The van der Waals surface area contributed by atoms with Crippen molar-refractivity contribution < 1.29 is 22.0 Å². The van der Waals surface area contributed by atoms with E-state index in [0.29, 0.717) is 4.47 Å². The van der Waals surface area contributed by atoms with Gasteiger partial charge in [-0.15, -0.1) is 11.3 Å². The monoisotopic (exact) mass is 309 g/mol. The van der Waals surface area contributed by atoms with E-state index >= 15 is 0 Å². The zero-order valence-corrected chi connectivity index (χ0v) is 9.39. The molecule has 1 atom stereocenters. The maximum Gasteiger partial charge on any atom is 0.455 e.